The van der Waals surface area contributed by atoms with Gasteiger partial charge >= 0.3 is 0 Å². The summed E-state index contributed by atoms with van der Waals surface area (Å²) < 4.78 is 0. The fourth-order valence-electron chi connectivity index (χ4n) is 1.54. The van der Waals surface area contributed by atoms with Crippen LogP contribution in [-0.2, 0) is 0 Å². The number of rotatable bonds is 5. The van der Waals surface area contributed by atoms with E-state index in [-0.39, 0.29) is 0 Å². The van der Waals surface area contributed by atoms with E-state index in [9.17, 15) is 0 Å². The van der Waals surface area contributed by atoms with Gasteiger partial charge in [0.05, 0.1) is 0 Å². The smallest absolute Gasteiger partial charge is 0.103 e. The number of hydrogen-bond acceptors (Lipinski definition) is 0. The Morgan fingerprint density at radius 3 is 2.47 bits per heavy atom. The number of hydrogen-bond donors (Lipinski definition) is 0. The molecule has 0 atom stereocenters. The molecule has 0 aliphatic carbocycles. The highest BCUT2D eigenvalue weighted by molar-refractivity contribution is 6.93. The summed E-state index contributed by atoms with van der Waals surface area (Å²) >= 11 is 5.65. The molecule has 1 rings (SSSR count). The van der Waals surface area contributed by atoms with Crippen LogP contribution in [0.5, 0.6) is 0 Å². The second kappa shape index (κ2) is 6.14. The number of unbranched alkanes of at least 4 members (excludes halogenated alkanes) is 1. The van der Waals surface area contributed by atoms with Gasteiger partial charge in [-0.15, -0.1) is 11.6 Å². The summed E-state index contributed by atoms with van der Waals surface area (Å²) in [7, 11) is -1.35. The van der Waals surface area contributed by atoms with Crippen molar-refractivity contribution in [1.29, 1.82) is 0 Å². The Kier molecular flexibility index (Phi) is 5.13. The zero-order valence-electron chi connectivity index (χ0n) is 9.54. The van der Waals surface area contributed by atoms with Gasteiger partial charge in [-0.25, -0.2) is 0 Å². The largest absolute Gasteiger partial charge is 0.127 e. The molecule has 1 aromatic rings. The Labute approximate surface area is 99.0 Å². The first kappa shape index (κ1) is 12.5. The molecule has 0 saturated heterocycles. The minimum Gasteiger partial charge on any atom is -0.127 e. The molecule has 0 spiro atoms. The maximum atomic E-state index is 5.65. The van der Waals surface area contributed by atoms with E-state index in [1.165, 1.54) is 5.19 Å². The predicted molar refractivity (Wildman–Crippen MR) is 72.7 cm³/mol. The van der Waals surface area contributed by atoms with Crippen LogP contribution in [-0.4, -0.2) is 14.0 Å². The van der Waals surface area contributed by atoms with Crippen molar-refractivity contribution in [2.75, 3.05) is 5.88 Å². The van der Waals surface area contributed by atoms with Crippen molar-refractivity contribution >= 4 is 24.9 Å². The molecule has 0 fully saturated rings. The maximum absolute atomic E-state index is 5.65. The van der Waals surface area contributed by atoms with Gasteiger partial charge in [-0.3, -0.25) is 0 Å². The SMILES string of the molecule is C[Si](C)(/C=C/CCCCl)c1ccccc1. The molecule has 0 unspecified atom stereocenters. The second-order valence-corrected chi connectivity index (χ2v) is 9.05. The Morgan fingerprint density at radius 2 is 1.87 bits per heavy atom. The summed E-state index contributed by atoms with van der Waals surface area (Å²) in [6.45, 7) is 4.75. The fourth-order valence-corrected chi connectivity index (χ4v) is 3.69. The Bertz CT molecular complexity index is 304. The molecule has 0 aliphatic heterocycles. The molecule has 0 amide bonds. The zero-order chi connectivity index (χ0) is 11.1. The third-order valence-electron chi connectivity index (χ3n) is 2.56. The summed E-state index contributed by atoms with van der Waals surface area (Å²) in [4.78, 5) is 0. The van der Waals surface area contributed by atoms with E-state index in [2.05, 4.69) is 55.2 Å². The van der Waals surface area contributed by atoms with E-state index in [0.717, 1.165) is 18.7 Å². The van der Waals surface area contributed by atoms with Gasteiger partial charge in [0, 0.05) is 5.88 Å². The van der Waals surface area contributed by atoms with Crippen molar-refractivity contribution in [2.24, 2.45) is 0 Å². The lowest BCUT2D eigenvalue weighted by molar-refractivity contribution is 0.967. The van der Waals surface area contributed by atoms with Crippen LogP contribution in [0, 0.1) is 0 Å². The van der Waals surface area contributed by atoms with Crippen LogP contribution >= 0.6 is 11.6 Å². The number of halogens is 1. The highest BCUT2D eigenvalue weighted by Crippen LogP contribution is 2.06. The summed E-state index contributed by atoms with van der Waals surface area (Å²) in [6.07, 6.45) is 4.48. The van der Waals surface area contributed by atoms with E-state index in [0.29, 0.717) is 0 Å². The van der Waals surface area contributed by atoms with Gasteiger partial charge < -0.3 is 0 Å². The summed E-state index contributed by atoms with van der Waals surface area (Å²) in [5.74, 6) is 0.762. The number of allylic oxidation sites excluding steroid dienone is 1. The van der Waals surface area contributed by atoms with Gasteiger partial charge in [-0.05, 0) is 12.8 Å². The lowest BCUT2D eigenvalue weighted by atomic mass is 10.3. The monoisotopic (exact) mass is 238 g/mol. The van der Waals surface area contributed by atoms with Crippen LogP contribution in [0.25, 0.3) is 0 Å². The van der Waals surface area contributed by atoms with E-state index in [1.54, 1.807) is 0 Å². The van der Waals surface area contributed by atoms with E-state index < -0.39 is 8.07 Å². The van der Waals surface area contributed by atoms with Crippen molar-refractivity contribution in [1.82, 2.24) is 0 Å². The first-order valence-corrected chi connectivity index (χ1v) is 9.07. The Hall–Kier alpha value is -0.533. The van der Waals surface area contributed by atoms with Crippen LogP contribution in [0.15, 0.2) is 42.1 Å². The molecule has 0 heterocycles. The van der Waals surface area contributed by atoms with Crippen LogP contribution in [0.1, 0.15) is 12.8 Å². The van der Waals surface area contributed by atoms with Gasteiger partial charge in [0.1, 0.15) is 8.07 Å². The van der Waals surface area contributed by atoms with E-state index in [4.69, 9.17) is 11.6 Å². The molecule has 0 bridgehead atoms. The molecule has 0 radical (unpaired) electrons. The molecule has 2 heteroatoms. The molecular weight excluding hydrogens is 220 g/mol. The Balaban J connectivity index is 2.63. The summed E-state index contributed by atoms with van der Waals surface area (Å²) in [6, 6.07) is 10.8. The van der Waals surface area contributed by atoms with Crippen molar-refractivity contribution in [3.8, 4) is 0 Å². The fraction of sp³-hybridized carbons (Fsp3) is 0.385. The van der Waals surface area contributed by atoms with E-state index in [1.807, 2.05) is 0 Å². The molecular formula is C13H19ClSi. The molecule has 0 N–H and O–H groups in total. The molecule has 0 aliphatic rings. The third-order valence-corrected chi connectivity index (χ3v) is 5.71. The highest BCUT2D eigenvalue weighted by Gasteiger charge is 2.18. The van der Waals surface area contributed by atoms with Gasteiger partial charge in [0.25, 0.3) is 0 Å². The highest BCUT2D eigenvalue weighted by atomic mass is 35.5. The van der Waals surface area contributed by atoms with Gasteiger partial charge in [-0.2, -0.15) is 0 Å². The van der Waals surface area contributed by atoms with Crippen LogP contribution < -0.4 is 5.19 Å². The van der Waals surface area contributed by atoms with Crippen LogP contribution in [0.4, 0.5) is 0 Å². The maximum Gasteiger partial charge on any atom is 0.103 e. The molecule has 82 valence electrons. The lowest BCUT2D eigenvalue weighted by Gasteiger charge is -2.18. The number of alkyl halides is 1. The van der Waals surface area contributed by atoms with Crippen molar-refractivity contribution in [2.45, 2.75) is 25.9 Å². The van der Waals surface area contributed by atoms with Crippen LogP contribution in [0.2, 0.25) is 13.1 Å². The van der Waals surface area contributed by atoms with Gasteiger partial charge in [-0.1, -0.05) is 60.4 Å². The average molecular weight is 239 g/mol. The summed E-state index contributed by atoms with van der Waals surface area (Å²) in [5, 5.41) is 1.49. The quantitative estimate of drug-likeness (QED) is 0.417. The standard InChI is InChI=1S/C13H19ClSi/c1-15(2,12-8-4-7-11-14)13-9-5-3-6-10-13/h3,5-6,8-10,12H,4,7,11H2,1-2H3/b12-8+. The van der Waals surface area contributed by atoms with Crippen LogP contribution in [0.3, 0.4) is 0 Å². The minimum atomic E-state index is -1.35. The molecule has 0 saturated carbocycles. The van der Waals surface area contributed by atoms with Gasteiger partial charge in [0.2, 0.25) is 0 Å². The van der Waals surface area contributed by atoms with E-state index >= 15 is 0 Å². The second-order valence-electron chi connectivity index (χ2n) is 4.32. The third kappa shape index (κ3) is 4.23. The lowest BCUT2D eigenvalue weighted by Crippen LogP contribution is -2.39. The van der Waals surface area contributed by atoms with Gasteiger partial charge in [0.15, 0.2) is 0 Å². The normalized spacial score (nSPS) is 12.2. The summed E-state index contributed by atoms with van der Waals surface area (Å²) in [5.41, 5.74) is 2.41. The predicted octanol–water partition coefficient (Wildman–Crippen LogP) is 3.72. The topological polar surface area (TPSA) is 0 Å². The van der Waals surface area contributed by atoms with Crippen molar-refractivity contribution in [3.63, 3.8) is 0 Å². The zero-order valence-corrected chi connectivity index (χ0v) is 11.3. The number of benzene rings is 1. The molecule has 1 aromatic carbocycles. The van der Waals surface area contributed by atoms with Crippen molar-refractivity contribution < 1.29 is 0 Å². The molecule has 0 nitrogen and oxygen atoms in total. The molecule has 15 heavy (non-hydrogen) atoms. The first-order valence-electron chi connectivity index (χ1n) is 5.46. The average Bonchev–Trinajstić information content (AvgIpc) is 2.26. The first-order chi connectivity index (χ1) is 7.17. The minimum absolute atomic E-state index is 0.762. The molecule has 0 aromatic heterocycles. The van der Waals surface area contributed by atoms with Crippen molar-refractivity contribution in [3.05, 3.63) is 42.1 Å². The Morgan fingerprint density at radius 1 is 1.20 bits per heavy atom.